The first-order valence-electron chi connectivity index (χ1n) is 6.14. The molecule has 0 aliphatic rings. The molecule has 2 aromatic rings. The molecule has 1 N–H and O–H groups in total. The van der Waals surface area contributed by atoms with Crippen LogP contribution in [-0.2, 0) is 0 Å². The van der Waals surface area contributed by atoms with Crippen molar-refractivity contribution in [3.8, 4) is 0 Å². The zero-order valence-electron chi connectivity index (χ0n) is 11.2. The molecule has 0 radical (unpaired) electrons. The highest BCUT2D eigenvalue weighted by molar-refractivity contribution is 7.71. The first-order valence-corrected chi connectivity index (χ1v) is 6.55. The van der Waals surface area contributed by atoms with Gasteiger partial charge in [0.25, 0.3) is 0 Å². The van der Waals surface area contributed by atoms with E-state index in [-0.39, 0.29) is 11.6 Å². The normalized spacial score (nSPS) is 13.4. The van der Waals surface area contributed by atoms with E-state index >= 15 is 0 Å². The summed E-state index contributed by atoms with van der Waals surface area (Å²) in [7, 11) is 3.97. The quantitative estimate of drug-likeness (QED) is 0.869. The Kier molecular flexibility index (Phi) is 4.01. The summed E-state index contributed by atoms with van der Waals surface area (Å²) >= 11 is 5.22. The molecule has 0 saturated carbocycles. The Bertz CT molecular complexity index is 645. The summed E-state index contributed by atoms with van der Waals surface area (Å²) in [6.07, 6.45) is 0.854. The van der Waals surface area contributed by atoms with Crippen LogP contribution in [0.1, 0.15) is 19.4 Å². The Morgan fingerprint density at radius 3 is 2.68 bits per heavy atom. The number of benzene rings is 1. The van der Waals surface area contributed by atoms with Crippen molar-refractivity contribution in [1.29, 1.82) is 0 Å². The predicted octanol–water partition coefficient (Wildman–Crippen LogP) is 3.49. The lowest BCUT2D eigenvalue weighted by Crippen LogP contribution is -2.17. The standard InChI is InChI=1S/C13H17F2N3S/c1-8(4-5-17(2)3)18-11-7-9(14)6-10(15)12(11)16-13(18)19/h6-8H,4-5H2,1-3H3,(H,16,19). The maximum Gasteiger partial charge on any atom is 0.178 e. The van der Waals surface area contributed by atoms with E-state index in [4.69, 9.17) is 12.2 Å². The molecule has 0 aliphatic heterocycles. The Morgan fingerprint density at radius 1 is 1.37 bits per heavy atom. The zero-order chi connectivity index (χ0) is 14.2. The van der Waals surface area contributed by atoms with Crippen LogP contribution in [0.15, 0.2) is 12.1 Å². The summed E-state index contributed by atoms with van der Waals surface area (Å²) in [4.78, 5) is 4.88. The van der Waals surface area contributed by atoms with Crippen molar-refractivity contribution >= 4 is 23.3 Å². The number of nitrogens with one attached hydrogen (secondary N) is 1. The van der Waals surface area contributed by atoms with E-state index in [1.807, 2.05) is 21.0 Å². The average molecular weight is 285 g/mol. The topological polar surface area (TPSA) is 24.0 Å². The van der Waals surface area contributed by atoms with Gasteiger partial charge in [-0.05, 0) is 52.3 Å². The van der Waals surface area contributed by atoms with E-state index in [1.165, 1.54) is 6.07 Å². The van der Waals surface area contributed by atoms with Gasteiger partial charge in [0.05, 0.1) is 5.52 Å². The van der Waals surface area contributed by atoms with E-state index < -0.39 is 11.6 Å². The summed E-state index contributed by atoms with van der Waals surface area (Å²) in [6.45, 7) is 2.88. The fourth-order valence-electron chi connectivity index (χ4n) is 2.16. The van der Waals surface area contributed by atoms with Crippen LogP contribution in [0.5, 0.6) is 0 Å². The monoisotopic (exact) mass is 285 g/mol. The number of rotatable bonds is 4. The molecule has 0 fully saturated rings. The number of hydrogen-bond acceptors (Lipinski definition) is 2. The van der Waals surface area contributed by atoms with E-state index in [0.29, 0.717) is 10.3 Å². The van der Waals surface area contributed by atoms with Gasteiger partial charge < -0.3 is 14.5 Å². The van der Waals surface area contributed by atoms with Crippen molar-refractivity contribution in [3.05, 3.63) is 28.5 Å². The van der Waals surface area contributed by atoms with Crippen molar-refractivity contribution in [2.75, 3.05) is 20.6 Å². The Balaban J connectivity index is 2.48. The van der Waals surface area contributed by atoms with Crippen molar-refractivity contribution in [3.63, 3.8) is 0 Å². The molecule has 104 valence electrons. The number of imidazole rings is 1. The Hall–Kier alpha value is -1.27. The predicted molar refractivity (Wildman–Crippen MR) is 74.9 cm³/mol. The van der Waals surface area contributed by atoms with Gasteiger partial charge in [-0.3, -0.25) is 0 Å². The molecular weight excluding hydrogens is 268 g/mol. The first kappa shape index (κ1) is 14.1. The van der Waals surface area contributed by atoms with Crippen LogP contribution in [0.4, 0.5) is 8.78 Å². The maximum absolute atomic E-state index is 13.7. The highest BCUT2D eigenvalue weighted by Crippen LogP contribution is 2.24. The van der Waals surface area contributed by atoms with Crippen molar-refractivity contribution < 1.29 is 8.78 Å². The van der Waals surface area contributed by atoms with Gasteiger partial charge in [0.2, 0.25) is 0 Å². The highest BCUT2D eigenvalue weighted by atomic mass is 32.1. The first-order chi connectivity index (χ1) is 8.90. The molecule has 2 rings (SSSR count). The third kappa shape index (κ3) is 2.84. The summed E-state index contributed by atoms with van der Waals surface area (Å²) in [5, 5.41) is 0. The van der Waals surface area contributed by atoms with Gasteiger partial charge >= 0.3 is 0 Å². The maximum atomic E-state index is 13.7. The van der Waals surface area contributed by atoms with Gasteiger partial charge in [0.15, 0.2) is 10.6 Å². The molecule has 3 nitrogen and oxygen atoms in total. The number of aromatic nitrogens is 2. The largest absolute Gasteiger partial charge is 0.328 e. The third-order valence-corrected chi connectivity index (χ3v) is 3.48. The number of halogens is 2. The van der Waals surface area contributed by atoms with Gasteiger partial charge in [0, 0.05) is 12.1 Å². The number of H-pyrrole nitrogens is 1. The van der Waals surface area contributed by atoms with Crippen molar-refractivity contribution in [2.24, 2.45) is 0 Å². The van der Waals surface area contributed by atoms with Crippen molar-refractivity contribution in [2.45, 2.75) is 19.4 Å². The lowest BCUT2D eigenvalue weighted by Gasteiger charge is -2.17. The zero-order valence-corrected chi connectivity index (χ0v) is 12.0. The van der Waals surface area contributed by atoms with Crippen LogP contribution in [0.3, 0.4) is 0 Å². The molecule has 0 aliphatic carbocycles. The van der Waals surface area contributed by atoms with E-state index in [9.17, 15) is 8.78 Å². The average Bonchev–Trinajstić information content (AvgIpc) is 2.63. The molecule has 1 aromatic heterocycles. The second-order valence-corrected chi connectivity index (χ2v) is 5.41. The summed E-state index contributed by atoms with van der Waals surface area (Å²) in [5.74, 6) is -1.20. The van der Waals surface area contributed by atoms with Crippen LogP contribution in [0, 0.1) is 16.4 Å². The molecule has 1 atom stereocenters. The summed E-state index contributed by atoms with van der Waals surface area (Å²) < 4.78 is 29.2. The second-order valence-electron chi connectivity index (χ2n) is 5.02. The Labute approximate surface area is 115 Å². The van der Waals surface area contributed by atoms with Gasteiger partial charge in [-0.15, -0.1) is 0 Å². The number of fused-ring (bicyclic) bond motifs is 1. The van der Waals surface area contributed by atoms with Crippen LogP contribution in [0.2, 0.25) is 0 Å². The van der Waals surface area contributed by atoms with E-state index in [1.54, 1.807) is 4.57 Å². The smallest absolute Gasteiger partial charge is 0.178 e. The number of nitrogens with zero attached hydrogens (tertiary/aromatic N) is 2. The molecule has 0 saturated heterocycles. The molecule has 1 heterocycles. The van der Waals surface area contributed by atoms with Gasteiger partial charge in [-0.2, -0.15) is 0 Å². The third-order valence-electron chi connectivity index (χ3n) is 3.18. The molecule has 6 heteroatoms. The lowest BCUT2D eigenvalue weighted by molar-refractivity contribution is 0.359. The molecule has 0 amide bonds. The molecule has 1 aromatic carbocycles. The van der Waals surface area contributed by atoms with Gasteiger partial charge in [0.1, 0.15) is 11.3 Å². The van der Waals surface area contributed by atoms with Crippen LogP contribution >= 0.6 is 12.2 Å². The van der Waals surface area contributed by atoms with E-state index in [0.717, 1.165) is 19.0 Å². The molecular formula is C13H17F2N3S. The van der Waals surface area contributed by atoms with Crippen LogP contribution in [0.25, 0.3) is 11.0 Å². The van der Waals surface area contributed by atoms with Crippen LogP contribution < -0.4 is 0 Å². The number of hydrogen-bond donors (Lipinski definition) is 1. The van der Waals surface area contributed by atoms with Crippen LogP contribution in [-0.4, -0.2) is 35.1 Å². The van der Waals surface area contributed by atoms with Crippen molar-refractivity contribution in [1.82, 2.24) is 14.5 Å². The van der Waals surface area contributed by atoms with Gasteiger partial charge in [-0.1, -0.05) is 0 Å². The highest BCUT2D eigenvalue weighted by Gasteiger charge is 2.15. The Morgan fingerprint density at radius 2 is 2.05 bits per heavy atom. The molecule has 1 unspecified atom stereocenters. The fourth-order valence-corrected chi connectivity index (χ4v) is 2.54. The fraction of sp³-hybridized carbons (Fsp3) is 0.462. The van der Waals surface area contributed by atoms with Gasteiger partial charge in [-0.25, -0.2) is 8.78 Å². The minimum atomic E-state index is -0.611. The summed E-state index contributed by atoms with van der Waals surface area (Å²) in [5.41, 5.74) is 0.747. The SMILES string of the molecule is CC(CCN(C)C)n1c(=S)[nH]c2c(F)cc(F)cc21. The van der Waals surface area contributed by atoms with E-state index in [2.05, 4.69) is 9.88 Å². The lowest BCUT2D eigenvalue weighted by atomic mass is 10.2. The minimum Gasteiger partial charge on any atom is -0.328 e. The molecule has 0 bridgehead atoms. The minimum absolute atomic E-state index is 0.0739. The molecule has 0 spiro atoms. The summed E-state index contributed by atoms with van der Waals surface area (Å²) in [6, 6.07) is 2.25. The second kappa shape index (κ2) is 5.38. The molecule has 19 heavy (non-hydrogen) atoms. The number of aromatic amines is 1.